The summed E-state index contributed by atoms with van der Waals surface area (Å²) in [5.74, 6) is 0.181. The Kier molecular flexibility index (Phi) is 4.79. The van der Waals surface area contributed by atoms with Crippen LogP contribution >= 0.6 is 0 Å². The quantitative estimate of drug-likeness (QED) is 0.584. The molecular weight excluding hydrogens is 363 g/mol. The van der Waals surface area contributed by atoms with Crippen molar-refractivity contribution < 1.29 is 13.7 Å². The first-order valence-corrected chi connectivity index (χ1v) is 8.73. The predicted molar refractivity (Wildman–Crippen MR) is 99.5 cm³/mol. The lowest BCUT2D eigenvalue weighted by molar-refractivity contribution is 0.102. The van der Waals surface area contributed by atoms with Gasteiger partial charge in [-0.1, -0.05) is 17.3 Å². The molecule has 1 aromatic carbocycles. The Morgan fingerprint density at radius 2 is 2.14 bits per heavy atom. The average Bonchev–Trinajstić information content (AvgIpc) is 3.16. The van der Waals surface area contributed by atoms with E-state index in [2.05, 4.69) is 25.5 Å². The summed E-state index contributed by atoms with van der Waals surface area (Å²) in [7, 11) is 0. The smallest absolute Gasteiger partial charge is 0.261 e. The Labute approximate surface area is 159 Å². The maximum Gasteiger partial charge on any atom is 0.261 e. The third-order valence-corrected chi connectivity index (χ3v) is 4.14. The summed E-state index contributed by atoms with van der Waals surface area (Å²) >= 11 is 0. The van der Waals surface area contributed by atoms with Gasteiger partial charge in [-0.05, 0) is 37.5 Å². The molecule has 28 heavy (non-hydrogen) atoms. The second-order valence-corrected chi connectivity index (χ2v) is 6.36. The zero-order chi connectivity index (χ0) is 19.5. The van der Waals surface area contributed by atoms with Crippen LogP contribution in [0.3, 0.4) is 0 Å². The number of rotatable bonds is 3. The van der Waals surface area contributed by atoms with E-state index in [4.69, 9.17) is 4.52 Å². The zero-order valence-electron chi connectivity index (χ0n) is 15.0. The van der Waals surface area contributed by atoms with Crippen molar-refractivity contribution >= 4 is 17.2 Å². The van der Waals surface area contributed by atoms with Crippen molar-refractivity contribution in [3.63, 3.8) is 0 Å². The number of carbonyl (C=O) groups is 1. The summed E-state index contributed by atoms with van der Waals surface area (Å²) in [6.07, 6.45) is 7.34. The molecule has 1 aliphatic rings. The number of amides is 1. The zero-order valence-corrected chi connectivity index (χ0v) is 15.0. The van der Waals surface area contributed by atoms with Gasteiger partial charge < -0.3 is 9.84 Å². The number of fused-ring (bicyclic) bond motifs is 1. The lowest BCUT2D eigenvalue weighted by Crippen LogP contribution is -2.13. The Morgan fingerprint density at radius 1 is 1.32 bits per heavy atom. The molecule has 3 aromatic heterocycles. The molecule has 1 fully saturated rings. The van der Waals surface area contributed by atoms with E-state index in [1.165, 1.54) is 12.6 Å². The summed E-state index contributed by atoms with van der Waals surface area (Å²) in [6.45, 7) is 1.91. The minimum atomic E-state index is -0.417. The van der Waals surface area contributed by atoms with Crippen LogP contribution in [-0.2, 0) is 0 Å². The molecule has 8 nitrogen and oxygen atoms in total. The van der Waals surface area contributed by atoms with Gasteiger partial charge in [0.05, 0.1) is 6.20 Å². The van der Waals surface area contributed by atoms with Crippen LogP contribution in [0.5, 0.6) is 0 Å². The van der Waals surface area contributed by atoms with Gasteiger partial charge >= 0.3 is 0 Å². The fourth-order valence-electron chi connectivity index (χ4n) is 2.43. The number of hydrogen-bond acceptors (Lipinski definition) is 6. The molecule has 0 atom stereocenters. The van der Waals surface area contributed by atoms with Crippen LogP contribution in [0.4, 0.5) is 10.1 Å². The maximum absolute atomic E-state index is 12.6. The number of anilines is 1. The normalized spacial score (nSPS) is 13.1. The molecule has 1 amide bonds. The second kappa shape index (κ2) is 7.55. The third kappa shape index (κ3) is 3.88. The number of halogens is 1. The number of alkyl halides is 1. The number of benzene rings is 1. The minimum absolute atomic E-state index is 0.280. The van der Waals surface area contributed by atoms with Crippen molar-refractivity contribution in [3.8, 4) is 11.4 Å². The standard InChI is InChI=1S/C16H12N6O2.C3H5F/c1-10-3-4-11(14-18-9-24-21-14)7-13(10)20-16(23)12-8-19-22-6-2-5-17-15(12)22;4-3-1-2-3/h2-9H,1H3,(H,20,23);3H,1-2H2. The summed E-state index contributed by atoms with van der Waals surface area (Å²) in [5, 5.41) is 10.8. The Balaban J connectivity index is 0.000000429. The van der Waals surface area contributed by atoms with Crippen molar-refractivity contribution in [1.82, 2.24) is 24.7 Å². The Bertz CT molecular complexity index is 1100. The minimum Gasteiger partial charge on any atom is -0.342 e. The Morgan fingerprint density at radius 3 is 2.86 bits per heavy atom. The topological polar surface area (TPSA) is 98.2 Å². The average molecular weight is 380 g/mol. The highest BCUT2D eigenvalue weighted by atomic mass is 19.1. The van der Waals surface area contributed by atoms with E-state index in [1.807, 2.05) is 19.1 Å². The van der Waals surface area contributed by atoms with E-state index in [1.54, 1.807) is 29.0 Å². The molecule has 0 aliphatic heterocycles. The molecule has 1 saturated carbocycles. The van der Waals surface area contributed by atoms with Crippen LogP contribution in [-0.4, -0.2) is 36.8 Å². The highest BCUT2D eigenvalue weighted by molar-refractivity contribution is 6.08. The first-order chi connectivity index (χ1) is 13.6. The van der Waals surface area contributed by atoms with E-state index >= 15 is 0 Å². The van der Waals surface area contributed by atoms with Crippen LogP contribution < -0.4 is 5.32 Å². The van der Waals surface area contributed by atoms with E-state index in [9.17, 15) is 9.18 Å². The monoisotopic (exact) mass is 380 g/mol. The molecule has 0 bridgehead atoms. The summed E-state index contributed by atoms with van der Waals surface area (Å²) < 4.78 is 17.4. The van der Waals surface area contributed by atoms with Gasteiger partial charge in [0.15, 0.2) is 5.65 Å². The molecular formula is C19H17FN6O2. The van der Waals surface area contributed by atoms with Gasteiger partial charge in [-0.2, -0.15) is 10.1 Å². The molecule has 0 spiro atoms. The van der Waals surface area contributed by atoms with Crippen molar-refractivity contribution in [1.29, 1.82) is 0 Å². The number of aromatic nitrogens is 5. The molecule has 4 aromatic rings. The number of hydrogen-bond donors (Lipinski definition) is 1. The molecule has 9 heteroatoms. The van der Waals surface area contributed by atoms with E-state index in [-0.39, 0.29) is 5.91 Å². The summed E-state index contributed by atoms with van der Waals surface area (Å²) in [6, 6.07) is 7.31. The number of nitrogens with one attached hydrogen (secondary N) is 1. The van der Waals surface area contributed by atoms with Gasteiger partial charge in [-0.25, -0.2) is 13.9 Å². The van der Waals surface area contributed by atoms with E-state index in [0.717, 1.165) is 24.0 Å². The molecule has 142 valence electrons. The van der Waals surface area contributed by atoms with Crippen LogP contribution in [0, 0.1) is 6.92 Å². The third-order valence-electron chi connectivity index (χ3n) is 4.14. The van der Waals surface area contributed by atoms with Gasteiger partial charge in [0.25, 0.3) is 5.91 Å². The van der Waals surface area contributed by atoms with Crippen LogP contribution in [0.15, 0.2) is 53.8 Å². The first-order valence-electron chi connectivity index (χ1n) is 8.73. The van der Waals surface area contributed by atoms with Crippen molar-refractivity contribution in [2.24, 2.45) is 0 Å². The fraction of sp³-hybridized carbons (Fsp3) is 0.211. The number of aryl methyl sites for hydroxylation is 1. The highest BCUT2D eigenvalue weighted by Gasteiger charge is 2.18. The van der Waals surface area contributed by atoms with Crippen molar-refractivity contribution in [2.75, 3.05) is 5.32 Å². The van der Waals surface area contributed by atoms with E-state index in [0.29, 0.717) is 22.7 Å². The summed E-state index contributed by atoms with van der Waals surface area (Å²) in [5.41, 5.74) is 3.24. The van der Waals surface area contributed by atoms with Gasteiger partial charge in [0.1, 0.15) is 11.7 Å². The highest BCUT2D eigenvalue weighted by Crippen LogP contribution is 2.24. The maximum atomic E-state index is 12.6. The SMILES string of the molecule is Cc1ccc(-c2ncon2)cc1NC(=O)c1cnn2cccnc12.FC1CC1. The van der Waals surface area contributed by atoms with E-state index < -0.39 is 6.17 Å². The number of nitrogens with zero attached hydrogens (tertiary/aromatic N) is 5. The van der Waals surface area contributed by atoms with Crippen LogP contribution in [0.25, 0.3) is 17.0 Å². The largest absolute Gasteiger partial charge is 0.342 e. The molecule has 0 saturated heterocycles. The number of carbonyl (C=O) groups excluding carboxylic acids is 1. The molecule has 3 heterocycles. The van der Waals surface area contributed by atoms with Gasteiger partial charge in [-0.3, -0.25) is 4.79 Å². The van der Waals surface area contributed by atoms with Crippen molar-refractivity contribution in [2.45, 2.75) is 25.9 Å². The summed E-state index contributed by atoms with van der Waals surface area (Å²) in [4.78, 5) is 20.8. The molecule has 5 rings (SSSR count). The van der Waals surface area contributed by atoms with Crippen LogP contribution in [0.2, 0.25) is 0 Å². The van der Waals surface area contributed by atoms with Gasteiger partial charge in [0.2, 0.25) is 12.2 Å². The molecule has 0 unspecified atom stereocenters. The molecule has 0 radical (unpaired) electrons. The lowest BCUT2D eigenvalue weighted by Gasteiger charge is -2.09. The van der Waals surface area contributed by atoms with Crippen molar-refractivity contribution in [3.05, 3.63) is 60.4 Å². The lowest BCUT2D eigenvalue weighted by atomic mass is 10.1. The first kappa shape index (κ1) is 17.8. The van der Waals surface area contributed by atoms with Gasteiger partial charge in [0, 0.05) is 23.6 Å². The van der Waals surface area contributed by atoms with Crippen LogP contribution in [0.1, 0.15) is 28.8 Å². The second-order valence-electron chi connectivity index (χ2n) is 6.36. The molecule has 1 aliphatic carbocycles. The predicted octanol–water partition coefficient (Wildman–Crippen LogP) is 3.46. The Hall–Kier alpha value is -3.62. The van der Waals surface area contributed by atoms with Gasteiger partial charge in [-0.15, -0.1) is 0 Å². The fourth-order valence-corrected chi connectivity index (χ4v) is 2.43. The molecule has 1 N–H and O–H groups in total.